The van der Waals surface area contributed by atoms with Crippen LogP contribution in [0.25, 0.3) is 0 Å². The number of benzene rings is 1. The molecule has 0 spiro atoms. The Morgan fingerprint density at radius 3 is 2.38 bits per heavy atom. The zero-order valence-electron chi connectivity index (χ0n) is 7.01. The minimum absolute atomic E-state index is 0.234. The summed E-state index contributed by atoms with van der Waals surface area (Å²) in [5, 5.41) is 0.684. The average molecular weight is 219 g/mol. The molecule has 0 aliphatic carbocycles. The van der Waals surface area contributed by atoms with Gasteiger partial charge in [-0.2, -0.15) is 0 Å². The normalized spacial score (nSPS) is 9.77. The van der Waals surface area contributed by atoms with Crippen molar-refractivity contribution in [1.82, 2.24) is 0 Å². The number of hydrogen-bond donors (Lipinski definition) is 0. The highest BCUT2D eigenvalue weighted by Crippen LogP contribution is 2.32. The van der Waals surface area contributed by atoms with E-state index in [9.17, 15) is 4.79 Å². The monoisotopic (exact) mass is 218 g/mol. The molecule has 0 radical (unpaired) electrons. The molecule has 1 aromatic rings. The second-order valence-corrected chi connectivity index (χ2v) is 3.19. The summed E-state index contributed by atoms with van der Waals surface area (Å²) >= 11 is 11.5. The van der Waals surface area contributed by atoms with Gasteiger partial charge in [0.15, 0.2) is 5.75 Å². The fourth-order valence-corrected chi connectivity index (χ4v) is 1.24. The van der Waals surface area contributed by atoms with E-state index in [0.29, 0.717) is 16.5 Å². The second-order valence-electron chi connectivity index (χ2n) is 2.38. The van der Waals surface area contributed by atoms with Crippen LogP contribution in [0.5, 0.6) is 5.75 Å². The molecule has 0 aromatic heterocycles. The van der Waals surface area contributed by atoms with Crippen LogP contribution >= 0.6 is 23.2 Å². The molecule has 0 N–H and O–H groups in total. The quantitative estimate of drug-likeness (QED) is 0.563. The van der Waals surface area contributed by atoms with E-state index < -0.39 is 0 Å². The molecule has 0 unspecified atom stereocenters. The van der Waals surface area contributed by atoms with Gasteiger partial charge in [0.1, 0.15) is 0 Å². The van der Waals surface area contributed by atoms with Crippen molar-refractivity contribution < 1.29 is 9.53 Å². The minimum Gasteiger partial charge on any atom is -0.423 e. The first-order valence-corrected chi connectivity index (χ1v) is 4.55. The summed E-state index contributed by atoms with van der Waals surface area (Å²) in [6.07, 6.45) is 0.293. The van der Waals surface area contributed by atoms with Gasteiger partial charge in [0.2, 0.25) is 0 Å². The van der Waals surface area contributed by atoms with Crippen LogP contribution < -0.4 is 4.74 Å². The minimum atomic E-state index is -0.352. The van der Waals surface area contributed by atoms with Gasteiger partial charge in [-0.1, -0.05) is 36.2 Å². The van der Waals surface area contributed by atoms with Gasteiger partial charge in [-0.3, -0.25) is 4.79 Å². The molecule has 2 nitrogen and oxygen atoms in total. The lowest BCUT2D eigenvalue weighted by Gasteiger charge is -2.05. The maximum Gasteiger partial charge on any atom is 0.310 e. The van der Waals surface area contributed by atoms with E-state index >= 15 is 0 Å². The summed E-state index contributed by atoms with van der Waals surface area (Å²) in [7, 11) is 0. The molecule has 70 valence electrons. The number of esters is 1. The summed E-state index contributed by atoms with van der Waals surface area (Å²) in [4.78, 5) is 10.9. The van der Waals surface area contributed by atoms with E-state index in [1.165, 1.54) is 0 Å². The molecule has 0 aliphatic heterocycles. The van der Waals surface area contributed by atoms with Gasteiger partial charge < -0.3 is 4.74 Å². The number of ether oxygens (including phenoxy) is 1. The fourth-order valence-electron chi connectivity index (χ4n) is 0.766. The molecule has 13 heavy (non-hydrogen) atoms. The first kappa shape index (κ1) is 10.4. The van der Waals surface area contributed by atoms with Gasteiger partial charge in [0, 0.05) is 6.42 Å². The Kier molecular flexibility index (Phi) is 3.58. The Balaban J connectivity index is 2.93. The van der Waals surface area contributed by atoms with Gasteiger partial charge in [0.25, 0.3) is 0 Å². The topological polar surface area (TPSA) is 26.3 Å². The molecular formula is C9H8Cl2O2. The summed E-state index contributed by atoms with van der Waals surface area (Å²) < 4.78 is 4.92. The lowest BCUT2D eigenvalue weighted by atomic mass is 10.3. The Labute approximate surface area is 86.4 Å². The number of halogens is 2. The largest absolute Gasteiger partial charge is 0.423 e. The van der Waals surface area contributed by atoms with Crippen LogP contribution in [0.2, 0.25) is 10.0 Å². The van der Waals surface area contributed by atoms with Crippen molar-refractivity contribution in [3.05, 3.63) is 28.2 Å². The third-order valence-corrected chi connectivity index (χ3v) is 2.02. The van der Waals surface area contributed by atoms with Crippen LogP contribution in [0.15, 0.2) is 18.2 Å². The molecule has 0 heterocycles. The summed E-state index contributed by atoms with van der Waals surface area (Å²) in [5.41, 5.74) is 0. The molecule has 0 bridgehead atoms. The highest BCUT2D eigenvalue weighted by molar-refractivity contribution is 6.37. The Hall–Kier alpha value is -0.730. The molecule has 0 amide bonds. The highest BCUT2D eigenvalue weighted by atomic mass is 35.5. The lowest BCUT2D eigenvalue weighted by Crippen LogP contribution is -2.06. The predicted molar refractivity (Wildman–Crippen MR) is 52.4 cm³/mol. The highest BCUT2D eigenvalue weighted by Gasteiger charge is 2.09. The number of para-hydroxylation sites is 1. The fraction of sp³-hybridized carbons (Fsp3) is 0.222. The van der Waals surface area contributed by atoms with Crippen molar-refractivity contribution in [3.63, 3.8) is 0 Å². The van der Waals surface area contributed by atoms with E-state index in [4.69, 9.17) is 27.9 Å². The molecule has 0 saturated heterocycles. The summed E-state index contributed by atoms with van der Waals surface area (Å²) in [6.45, 7) is 1.70. The van der Waals surface area contributed by atoms with E-state index in [0.717, 1.165) is 0 Å². The third-order valence-electron chi connectivity index (χ3n) is 1.42. The maximum absolute atomic E-state index is 10.9. The second kappa shape index (κ2) is 4.49. The molecule has 0 aliphatic rings. The molecule has 0 fully saturated rings. The standard InChI is InChI=1S/C9H8Cl2O2/c1-2-8(12)13-9-6(10)4-3-5-7(9)11/h3-5H,2H2,1H3. The maximum atomic E-state index is 10.9. The SMILES string of the molecule is CCC(=O)Oc1c(Cl)cccc1Cl. The van der Waals surface area contributed by atoms with Gasteiger partial charge in [0.05, 0.1) is 10.0 Å². The summed E-state index contributed by atoms with van der Waals surface area (Å²) in [5.74, 6) is -0.118. The third kappa shape index (κ3) is 2.61. The van der Waals surface area contributed by atoms with Gasteiger partial charge in [-0.15, -0.1) is 0 Å². The van der Waals surface area contributed by atoms with Crippen LogP contribution in [0, 0.1) is 0 Å². The average Bonchev–Trinajstić information content (AvgIpc) is 2.11. The van der Waals surface area contributed by atoms with Crippen LogP contribution in [0.3, 0.4) is 0 Å². The lowest BCUT2D eigenvalue weighted by molar-refractivity contribution is -0.134. The van der Waals surface area contributed by atoms with E-state index in [1.54, 1.807) is 25.1 Å². The molecular weight excluding hydrogens is 211 g/mol. The van der Waals surface area contributed by atoms with E-state index in [1.807, 2.05) is 0 Å². The van der Waals surface area contributed by atoms with Crippen molar-refractivity contribution >= 4 is 29.2 Å². The van der Waals surface area contributed by atoms with Crippen molar-refractivity contribution in [2.45, 2.75) is 13.3 Å². The molecule has 0 saturated carbocycles. The smallest absolute Gasteiger partial charge is 0.310 e. The molecule has 1 aromatic carbocycles. The predicted octanol–water partition coefficient (Wildman–Crippen LogP) is 3.31. The Bertz CT molecular complexity index is 303. The van der Waals surface area contributed by atoms with Gasteiger partial charge in [-0.05, 0) is 12.1 Å². The first-order chi connectivity index (χ1) is 6.15. The van der Waals surface area contributed by atoms with Crippen molar-refractivity contribution in [3.8, 4) is 5.75 Å². The van der Waals surface area contributed by atoms with E-state index in [-0.39, 0.29) is 11.7 Å². The van der Waals surface area contributed by atoms with Gasteiger partial charge in [-0.25, -0.2) is 0 Å². The van der Waals surface area contributed by atoms with Crippen molar-refractivity contribution in [2.75, 3.05) is 0 Å². The number of carbonyl (C=O) groups is 1. The zero-order chi connectivity index (χ0) is 9.84. The first-order valence-electron chi connectivity index (χ1n) is 3.80. The number of hydrogen-bond acceptors (Lipinski definition) is 2. The molecule has 4 heteroatoms. The zero-order valence-corrected chi connectivity index (χ0v) is 8.52. The summed E-state index contributed by atoms with van der Waals surface area (Å²) in [6, 6.07) is 4.92. The van der Waals surface area contributed by atoms with Crippen LogP contribution in [0.1, 0.15) is 13.3 Å². The molecule has 0 atom stereocenters. The molecule has 1 rings (SSSR count). The van der Waals surface area contributed by atoms with Crippen LogP contribution in [-0.2, 0) is 4.79 Å². The number of rotatable bonds is 2. The Morgan fingerprint density at radius 2 is 1.92 bits per heavy atom. The van der Waals surface area contributed by atoms with Crippen molar-refractivity contribution in [1.29, 1.82) is 0 Å². The van der Waals surface area contributed by atoms with Crippen LogP contribution in [0.4, 0.5) is 0 Å². The van der Waals surface area contributed by atoms with Crippen molar-refractivity contribution in [2.24, 2.45) is 0 Å². The Morgan fingerprint density at radius 1 is 1.38 bits per heavy atom. The van der Waals surface area contributed by atoms with Gasteiger partial charge >= 0.3 is 5.97 Å². The number of carbonyl (C=O) groups excluding carboxylic acids is 1. The van der Waals surface area contributed by atoms with E-state index in [2.05, 4.69) is 0 Å². The van der Waals surface area contributed by atoms with Crippen LogP contribution in [-0.4, -0.2) is 5.97 Å².